The molecule has 0 atom stereocenters. The fourth-order valence-corrected chi connectivity index (χ4v) is 2.89. The predicted molar refractivity (Wildman–Crippen MR) is 93.1 cm³/mol. The summed E-state index contributed by atoms with van der Waals surface area (Å²) < 4.78 is 3.06. The lowest BCUT2D eigenvalue weighted by Crippen LogP contribution is -2.41. The Hall–Kier alpha value is -1.56. The van der Waals surface area contributed by atoms with E-state index in [2.05, 4.69) is 43.5 Å². The molecule has 1 aliphatic carbocycles. The molecule has 2 heterocycles. The molecule has 22 heavy (non-hydrogen) atoms. The van der Waals surface area contributed by atoms with Crippen molar-refractivity contribution in [2.75, 3.05) is 13.1 Å². The third-order valence-electron chi connectivity index (χ3n) is 3.99. The SMILES string of the molecule is CCNC(=NCc1cn2cc(Br)ccc2n1)NCC1CCC1. The number of guanidine groups is 1. The van der Waals surface area contributed by atoms with Crippen LogP contribution in [0, 0.1) is 5.92 Å². The van der Waals surface area contributed by atoms with Crippen molar-refractivity contribution in [1.82, 2.24) is 20.0 Å². The first kappa shape index (κ1) is 15.3. The quantitative estimate of drug-likeness (QED) is 0.634. The topological polar surface area (TPSA) is 53.7 Å². The lowest BCUT2D eigenvalue weighted by molar-refractivity contribution is 0.314. The highest BCUT2D eigenvalue weighted by Crippen LogP contribution is 2.25. The van der Waals surface area contributed by atoms with Crippen LogP contribution in [0.1, 0.15) is 31.9 Å². The molecule has 3 rings (SSSR count). The Morgan fingerprint density at radius 1 is 1.36 bits per heavy atom. The average Bonchev–Trinajstić information content (AvgIpc) is 2.85. The first-order valence-corrected chi connectivity index (χ1v) is 8.69. The minimum Gasteiger partial charge on any atom is -0.357 e. The van der Waals surface area contributed by atoms with Gasteiger partial charge in [0.2, 0.25) is 0 Å². The molecule has 118 valence electrons. The summed E-state index contributed by atoms with van der Waals surface area (Å²) in [6.45, 7) is 4.56. The highest BCUT2D eigenvalue weighted by atomic mass is 79.9. The number of rotatable bonds is 5. The van der Waals surface area contributed by atoms with Gasteiger partial charge < -0.3 is 15.0 Å². The Morgan fingerprint density at radius 2 is 2.23 bits per heavy atom. The molecule has 2 aromatic heterocycles. The maximum atomic E-state index is 4.64. The maximum absolute atomic E-state index is 4.64. The second-order valence-electron chi connectivity index (χ2n) is 5.72. The van der Waals surface area contributed by atoms with Crippen molar-refractivity contribution < 1.29 is 0 Å². The minimum atomic E-state index is 0.583. The predicted octanol–water partition coefficient (Wildman–Crippen LogP) is 2.95. The van der Waals surface area contributed by atoms with Crippen LogP contribution in [0.3, 0.4) is 0 Å². The van der Waals surface area contributed by atoms with E-state index < -0.39 is 0 Å². The Morgan fingerprint density at radius 3 is 2.95 bits per heavy atom. The van der Waals surface area contributed by atoms with E-state index in [1.54, 1.807) is 0 Å². The fraction of sp³-hybridized carbons (Fsp3) is 0.500. The van der Waals surface area contributed by atoms with Crippen molar-refractivity contribution in [2.45, 2.75) is 32.7 Å². The van der Waals surface area contributed by atoms with Crippen LogP contribution < -0.4 is 10.6 Å². The van der Waals surface area contributed by atoms with Gasteiger partial charge in [0, 0.05) is 30.0 Å². The van der Waals surface area contributed by atoms with Gasteiger partial charge in [-0.2, -0.15) is 0 Å². The van der Waals surface area contributed by atoms with Gasteiger partial charge in [0.15, 0.2) is 5.96 Å². The summed E-state index contributed by atoms with van der Waals surface area (Å²) in [4.78, 5) is 9.23. The number of pyridine rings is 1. The summed E-state index contributed by atoms with van der Waals surface area (Å²) in [5, 5.41) is 6.73. The zero-order chi connectivity index (χ0) is 15.4. The van der Waals surface area contributed by atoms with E-state index in [4.69, 9.17) is 0 Å². The molecular formula is C16H22BrN5. The first-order valence-electron chi connectivity index (χ1n) is 7.90. The normalized spacial score (nSPS) is 15.8. The van der Waals surface area contributed by atoms with Crippen LogP contribution in [0.2, 0.25) is 0 Å². The van der Waals surface area contributed by atoms with Crippen molar-refractivity contribution >= 4 is 27.5 Å². The minimum absolute atomic E-state index is 0.583. The number of aromatic nitrogens is 2. The Bertz CT molecular complexity index is 660. The van der Waals surface area contributed by atoms with Gasteiger partial charge >= 0.3 is 0 Å². The molecule has 0 aliphatic heterocycles. The number of fused-ring (bicyclic) bond motifs is 1. The molecule has 0 bridgehead atoms. The van der Waals surface area contributed by atoms with Crippen molar-refractivity contribution in [2.24, 2.45) is 10.9 Å². The number of hydrogen-bond acceptors (Lipinski definition) is 2. The smallest absolute Gasteiger partial charge is 0.191 e. The van der Waals surface area contributed by atoms with E-state index in [-0.39, 0.29) is 0 Å². The zero-order valence-corrected chi connectivity index (χ0v) is 14.4. The molecule has 1 saturated carbocycles. The van der Waals surface area contributed by atoms with Crippen molar-refractivity contribution in [3.63, 3.8) is 0 Å². The lowest BCUT2D eigenvalue weighted by Gasteiger charge is -2.26. The highest BCUT2D eigenvalue weighted by molar-refractivity contribution is 9.10. The molecule has 1 aliphatic rings. The van der Waals surface area contributed by atoms with Crippen molar-refractivity contribution in [1.29, 1.82) is 0 Å². The molecule has 0 radical (unpaired) electrons. The molecule has 0 saturated heterocycles. The van der Waals surface area contributed by atoms with Crippen LogP contribution in [0.5, 0.6) is 0 Å². The van der Waals surface area contributed by atoms with Gasteiger partial charge in [-0.15, -0.1) is 0 Å². The maximum Gasteiger partial charge on any atom is 0.191 e. The monoisotopic (exact) mass is 363 g/mol. The van der Waals surface area contributed by atoms with Gasteiger partial charge in [0.1, 0.15) is 5.65 Å². The Labute approximate surface area is 139 Å². The molecule has 2 aromatic rings. The highest BCUT2D eigenvalue weighted by Gasteiger charge is 2.17. The third kappa shape index (κ3) is 3.80. The summed E-state index contributed by atoms with van der Waals surface area (Å²) in [6, 6.07) is 4.00. The summed E-state index contributed by atoms with van der Waals surface area (Å²) in [7, 11) is 0. The lowest BCUT2D eigenvalue weighted by atomic mass is 9.85. The molecule has 5 nitrogen and oxygen atoms in total. The van der Waals surface area contributed by atoms with E-state index in [0.717, 1.165) is 40.8 Å². The van der Waals surface area contributed by atoms with E-state index >= 15 is 0 Å². The molecule has 1 fully saturated rings. The summed E-state index contributed by atoms with van der Waals surface area (Å²) in [5.41, 5.74) is 1.92. The second-order valence-corrected chi connectivity index (χ2v) is 6.63. The van der Waals surface area contributed by atoms with E-state index in [1.807, 2.05) is 28.9 Å². The van der Waals surface area contributed by atoms with Gasteiger partial charge in [-0.1, -0.05) is 6.42 Å². The number of nitrogens with one attached hydrogen (secondary N) is 2. The van der Waals surface area contributed by atoms with Crippen molar-refractivity contribution in [3.05, 3.63) is 34.7 Å². The van der Waals surface area contributed by atoms with Crippen LogP contribution in [0.15, 0.2) is 34.0 Å². The van der Waals surface area contributed by atoms with Crippen LogP contribution in [0.4, 0.5) is 0 Å². The summed E-state index contributed by atoms with van der Waals surface area (Å²) in [5.74, 6) is 1.70. The van der Waals surface area contributed by atoms with Crippen LogP contribution in [0.25, 0.3) is 5.65 Å². The third-order valence-corrected chi connectivity index (χ3v) is 4.46. The van der Waals surface area contributed by atoms with Gasteiger partial charge in [-0.3, -0.25) is 0 Å². The summed E-state index contributed by atoms with van der Waals surface area (Å²) >= 11 is 3.47. The van der Waals surface area contributed by atoms with Gasteiger partial charge in [0.25, 0.3) is 0 Å². The molecular weight excluding hydrogens is 342 g/mol. The van der Waals surface area contributed by atoms with Crippen molar-refractivity contribution in [3.8, 4) is 0 Å². The van der Waals surface area contributed by atoms with E-state index in [0.29, 0.717) is 6.54 Å². The summed E-state index contributed by atoms with van der Waals surface area (Å²) in [6.07, 6.45) is 8.09. The number of aliphatic imine (C=N–C) groups is 1. The number of halogens is 1. The molecule has 6 heteroatoms. The first-order chi connectivity index (χ1) is 10.7. The largest absolute Gasteiger partial charge is 0.357 e. The zero-order valence-electron chi connectivity index (χ0n) is 12.8. The average molecular weight is 364 g/mol. The van der Waals surface area contributed by atoms with Gasteiger partial charge in [0.05, 0.1) is 12.2 Å². The van der Waals surface area contributed by atoms with Crippen LogP contribution in [-0.2, 0) is 6.54 Å². The van der Waals surface area contributed by atoms with Gasteiger partial charge in [-0.25, -0.2) is 9.98 Å². The molecule has 0 unspecified atom stereocenters. The number of nitrogens with zero attached hydrogens (tertiary/aromatic N) is 3. The molecule has 2 N–H and O–H groups in total. The van der Waals surface area contributed by atoms with E-state index in [1.165, 1.54) is 19.3 Å². The molecule has 0 aromatic carbocycles. The standard InChI is InChI=1S/C16H22BrN5/c1-2-18-16(19-8-12-4-3-5-12)20-9-14-11-22-10-13(17)6-7-15(22)21-14/h6-7,10-12H,2-5,8-9H2,1H3,(H2,18,19,20). The number of hydrogen-bond donors (Lipinski definition) is 2. The fourth-order valence-electron chi connectivity index (χ4n) is 2.53. The molecule has 0 spiro atoms. The van der Waals surface area contributed by atoms with E-state index in [9.17, 15) is 0 Å². The molecule has 0 amide bonds. The van der Waals surface area contributed by atoms with Gasteiger partial charge in [-0.05, 0) is 53.7 Å². The Balaban J connectivity index is 1.64. The second kappa shape index (κ2) is 7.13. The van der Waals surface area contributed by atoms with Crippen LogP contribution in [-0.4, -0.2) is 28.4 Å². The number of imidazole rings is 1. The van der Waals surface area contributed by atoms with Crippen LogP contribution >= 0.6 is 15.9 Å². The Kier molecular flexibility index (Phi) is 4.97.